The molecule has 1 aliphatic rings. The first kappa shape index (κ1) is 30.3. The molecule has 1 aliphatic carbocycles. The van der Waals surface area contributed by atoms with Crippen molar-refractivity contribution >= 4 is 21.8 Å². The van der Waals surface area contributed by atoms with Crippen molar-refractivity contribution in [1.82, 2.24) is 14.5 Å². The zero-order chi connectivity index (χ0) is 29.4. The van der Waals surface area contributed by atoms with Gasteiger partial charge in [-0.3, -0.25) is 9.59 Å². The highest BCUT2D eigenvalue weighted by atomic mass is 32.2. The van der Waals surface area contributed by atoms with Crippen molar-refractivity contribution in [2.75, 3.05) is 20.7 Å². The topological polar surface area (TPSA) is 96.0 Å². The molecule has 218 valence electrons. The van der Waals surface area contributed by atoms with Gasteiger partial charge in [-0.2, -0.15) is 4.31 Å². The molecule has 1 N–H and O–H groups in total. The quantitative estimate of drug-likeness (QED) is 0.346. The third-order valence-corrected chi connectivity index (χ3v) is 9.36. The molecule has 1 saturated carbocycles. The second-order valence-corrected chi connectivity index (χ2v) is 12.7. The molecule has 0 aromatic heterocycles. The number of ether oxygens (including phenoxy) is 1. The van der Waals surface area contributed by atoms with Crippen molar-refractivity contribution < 1.29 is 22.7 Å². The van der Waals surface area contributed by atoms with Crippen LogP contribution in [0.5, 0.6) is 5.75 Å². The lowest BCUT2D eigenvalue weighted by atomic mass is 10.0. The van der Waals surface area contributed by atoms with Crippen LogP contribution >= 0.6 is 0 Å². The van der Waals surface area contributed by atoms with E-state index in [1.165, 1.54) is 24.1 Å². The van der Waals surface area contributed by atoms with Crippen molar-refractivity contribution in [3.8, 4) is 5.75 Å². The number of sulfonamides is 1. The van der Waals surface area contributed by atoms with Gasteiger partial charge < -0.3 is 15.0 Å². The summed E-state index contributed by atoms with van der Waals surface area (Å²) in [6.45, 7) is 1.58. The Morgan fingerprint density at radius 1 is 0.951 bits per heavy atom. The SMILES string of the molecule is COc1cccc(CN(C(=O)CN(C)S(=O)(=O)c2ccc(C)cc2)C(Cc2ccccc2)C(=O)NC2CCCC2)c1. The number of amides is 2. The Morgan fingerprint density at radius 3 is 2.27 bits per heavy atom. The van der Waals surface area contributed by atoms with E-state index < -0.39 is 28.5 Å². The lowest BCUT2D eigenvalue weighted by Gasteiger charge is -2.33. The van der Waals surface area contributed by atoms with E-state index in [4.69, 9.17) is 4.74 Å². The highest BCUT2D eigenvalue weighted by Crippen LogP contribution is 2.22. The van der Waals surface area contributed by atoms with Crippen LogP contribution in [0.2, 0.25) is 0 Å². The summed E-state index contributed by atoms with van der Waals surface area (Å²) in [6.07, 6.45) is 4.23. The monoisotopic (exact) mass is 577 g/mol. The smallest absolute Gasteiger partial charge is 0.243 e. The van der Waals surface area contributed by atoms with Gasteiger partial charge in [0.15, 0.2) is 0 Å². The lowest BCUT2D eigenvalue weighted by molar-refractivity contribution is -0.141. The van der Waals surface area contributed by atoms with Crippen molar-refractivity contribution in [3.63, 3.8) is 0 Å². The van der Waals surface area contributed by atoms with Gasteiger partial charge in [-0.1, -0.05) is 73.0 Å². The van der Waals surface area contributed by atoms with Crippen LogP contribution in [0.25, 0.3) is 0 Å². The summed E-state index contributed by atoms with van der Waals surface area (Å²) in [4.78, 5) is 29.5. The molecule has 8 nitrogen and oxygen atoms in total. The van der Waals surface area contributed by atoms with Crippen LogP contribution in [-0.4, -0.2) is 62.2 Å². The molecule has 0 saturated heterocycles. The summed E-state index contributed by atoms with van der Waals surface area (Å²) < 4.78 is 33.1. The fourth-order valence-corrected chi connectivity index (χ4v) is 6.27. The second kappa shape index (κ2) is 13.8. The Balaban J connectivity index is 1.67. The number of aryl methyl sites for hydroxylation is 1. The van der Waals surface area contributed by atoms with Crippen molar-refractivity contribution in [3.05, 3.63) is 95.6 Å². The standard InChI is InChI=1S/C32H39N3O5S/c1-24-16-18-29(19-17-24)41(38,39)34(2)23-31(36)35(22-26-12-9-15-28(20-26)40-3)30(21-25-10-5-4-6-11-25)32(37)33-27-13-7-8-14-27/h4-6,9-12,15-20,27,30H,7-8,13-14,21-23H2,1-3H3,(H,33,37). The number of carbonyl (C=O) groups excluding carboxylic acids is 2. The van der Waals surface area contributed by atoms with Gasteiger partial charge in [-0.25, -0.2) is 8.42 Å². The number of benzene rings is 3. The van der Waals surface area contributed by atoms with E-state index in [-0.39, 0.29) is 23.4 Å². The van der Waals surface area contributed by atoms with E-state index >= 15 is 0 Å². The highest BCUT2D eigenvalue weighted by molar-refractivity contribution is 7.89. The number of nitrogens with one attached hydrogen (secondary N) is 1. The van der Waals surface area contributed by atoms with E-state index in [0.29, 0.717) is 12.2 Å². The van der Waals surface area contributed by atoms with E-state index in [2.05, 4.69) is 5.32 Å². The van der Waals surface area contributed by atoms with E-state index in [1.807, 2.05) is 61.5 Å². The van der Waals surface area contributed by atoms with Crippen LogP contribution in [0.3, 0.4) is 0 Å². The van der Waals surface area contributed by atoms with E-state index in [9.17, 15) is 18.0 Å². The maximum absolute atomic E-state index is 14.0. The Morgan fingerprint density at radius 2 is 1.61 bits per heavy atom. The summed E-state index contributed by atoms with van der Waals surface area (Å²) in [5.74, 6) is -0.0708. The minimum atomic E-state index is -3.93. The predicted molar refractivity (Wildman–Crippen MR) is 159 cm³/mol. The summed E-state index contributed by atoms with van der Waals surface area (Å²) in [5.41, 5.74) is 2.61. The van der Waals surface area contributed by atoms with E-state index in [1.54, 1.807) is 19.2 Å². The molecule has 0 bridgehead atoms. The molecular formula is C32H39N3O5S. The number of hydrogen-bond acceptors (Lipinski definition) is 5. The van der Waals surface area contributed by atoms with Gasteiger partial charge in [0.2, 0.25) is 21.8 Å². The molecule has 0 radical (unpaired) electrons. The van der Waals surface area contributed by atoms with Gasteiger partial charge in [0.1, 0.15) is 11.8 Å². The molecule has 4 rings (SSSR count). The van der Waals surface area contributed by atoms with Crippen molar-refractivity contribution in [2.24, 2.45) is 0 Å². The number of hydrogen-bond donors (Lipinski definition) is 1. The molecular weight excluding hydrogens is 538 g/mol. The lowest BCUT2D eigenvalue weighted by Crippen LogP contribution is -2.54. The van der Waals surface area contributed by atoms with Crippen LogP contribution in [0.4, 0.5) is 0 Å². The number of nitrogens with zero attached hydrogens (tertiary/aromatic N) is 2. The maximum atomic E-state index is 14.0. The van der Waals surface area contributed by atoms with Crippen LogP contribution in [0, 0.1) is 6.92 Å². The van der Waals surface area contributed by atoms with Crippen molar-refractivity contribution in [2.45, 2.75) is 62.6 Å². The second-order valence-electron chi connectivity index (χ2n) is 10.6. The molecule has 3 aromatic carbocycles. The first-order chi connectivity index (χ1) is 19.7. The molecule has 1 atom stereocenters. The summed E-state index contributed by atoms with van der Waals surface area (Å²) in [7, 11) is -0.966. The summed E-state index contributed by atoms with van der Waals surface area (Å²) in [6, 6.07) is 22.6. The van der Waals surface area contributed by atoms with Gasteiger partial charge in [-0.15, -0.1) is 0 Å². The van der Waals surface area contributed by atoms with Gasteiger partial charge >= 0.3 is 0 Å². The van der Waals surface area contributed by atoms with Crippen LogP contribution in [-0.2, 0) is 32.6 Å². The third-order valence-electron chi connectivity index (χ3n) is 7.55. The molecule has 0 heterocycles. The average molecular weight is 578 g/mol. The first-order valence-electron chi connectivity index (χ1n) is 14.0. The van der Waals surface area contributed by atoms with Crippen LogP contribution in [0.15, 0.2) is 83.8 Å². The molecule has 41 heavy (non-hydrogen) atoms. The minimum Gasteiger partial charge on any atom is -0.497 e. The molecule has 0 aliphatic heterocycles. The Hall–Kier alpha value is -3.69. The highest BCUT2D eigenvalue weighted by Gasteiger charge is 2.34. The zero-order valence-electron chi connectivity index (χ0n) is 24.0. The number of rotatable bonds is 12. The van der Waals surface area contributed by atoms with Gasteiger partial charge in [0.25, 0.3) is 0 Å². The fraction of sp³-hybridized carbons (Fsp3) is 0.375. The van der Waals surface area contributed by atoms with Crippen LogP contribution < -0.4 is 10.1 Å². The van der Waals surface area contributed by atoms with Crippen molar-refractivity contribution in [1.29, 1.82) is 0 Å². The largest absolute Gasteiger partial charge is 0.497 e. The number of carbonyl (C=O) groups is 2. The Kier molecular flexibility index (Phi) is 10.2. The molecule has 0 spiro atoms. The number of methoxy groups -OCH3 is 1. The zero-order valence-corrected chi connectivity index (χ0v) is 24.8. The Bertz CT molecular complexity index is 1420. The summed E-state index contributed by atoms with van der Waals surface area (Å²) >= 11 is 0. The predicted octanol–water partition coefficient (Wildman–Crippen LogP) is 4.32. The molecule has 9 heteroatoms. The normalized spacial score (nSPS) is 14.5. The number of likely N-dealkylation sites (N-methyl/N-ethyl adjacent to an activating group) is 1. The van der Waals surface area contributed by atoms with Crippen LogP contribution in [0.1, 0.15) is 42.4 Å². The summed E-state index contributed by atoms with van der Waals surface area (Å²) in [5, 5.41) is 3.17. The van der Waals surface area contributed by atoms with Gasteiger partial charge in [0, 0.05) is 26.1 Å². The first-order valence-corrected chi connectivity index (χ1v) is 15.4. The van der Waals surface area contributed by atoms with Gasteiger partial charge in [0.05, 0.1) is 18.6 Å². The van der Waals surface area contributed by atoms with Gasteiger partial charge in [-0.05, 0) is 55.2 Å². The molecule has 1 unspecified atom stereocenters. The average Bonchev–Trinajstić information content (AvgIpc) is 3.48. The molecule has 3 aromatic rings. The third kappa shape index (κ3) is 7.95. The maximum Gasteiger partial charge on any atom is 0.243 e. The fourth-order valence-electron chi connectivity index (χ4n) is 5.15. The molecule has 1 fully saturated rings. The van der Waals surface area contributed by atoms with E-state index in [0.717, 1.165) is 46.7 Å². The Labute approximate surface area is 243 Å². The minimum absolute atomic E-state index is 0.0686. The molecule has 2 amide bonds.